The summed E-state index contributed by atoms with van der Waals surface area (Å²) < 4.78 is 55.6. The summed E-state index contributed by atoms with van der Waals surface area (Å²) >= 11 is 1.36. The third-order valence-corrected chi connectivity index (χ3v) is 7.07. The molecular weight excluding hydrogens is 557 g/mol. The summed E-state index contributed by atoms with van der Waals surface area (Å²) in [5.41, 5.74) is 9.20. The van der Waals surface area contributed by atoms with Gasteiger partial charge in [-0.15, -0.1) is 0 Å². The van der Waals surface area contributed by atoms with Gasteiger partial charge in [-0.1, -0.05) is 18.0 Å². The highest BCUT2D eigenvalue weighted by molar-refractivity contribution is 8.00. The van der Waals surface area contributed by atoms with Crippen molar-refractivity contribution < 1.29 is 27.4 Å². The smallest absolute Gasteiger partial charge is 0.219 e. The third kappa shape index (κ3) is 5.66. The number of carbonyl (C=O) groups is 1. The molecule has 0 unspecified atom stereocenters. The van der Waals surface area contributed by atoms with Crippen molar-refractivity contribution in [2.24, 2.45) is 0 Å². The second-order valence-electron chi connectivity index (χ2n) is 8.96. The van der Waals surface area contributed by atoms with Crippen LogP contribution in [0.1, 0.15) is 28.0 Å². The van der Waals surface area contributed by atoms with Crippen LogP contribution in [-0.4, -0.2) is 45.1 Å². The molecule has 0 aliphatic heterocycles. The number of nitrogens with one attached hydrogen (secondary N) is 2. The van der Waals surface area contributed by atoms with E-state index < -0.39 is 17.4 Å². The molecule has 0 radical (unpaired) electrons. The maximum absolute atomic E-state index is 14.0. The van der Waals surface area contributed by atoms with E-state index in [1.165, 1.54) is 41.2 Å². The van der Waals surface area contributed by atoms with E-state index in [4.69, 9.17) is 15.2 Å². The lowest BCUT2D eigenvalue weighted by molar-refractivity contribution is 0.103. The van der Waals surface area contributed by atoms with Crippen molar-refractivity contribution in [2.45, 2.75) is 13.3 Å². The van der Waals surface area contributed by atoms with E-state index in [0.29, 0.717) is 46.1 Å². The van der Waals surface area contributed by atoms with Crippen molar-refractivity contribution in [1.29, 1.82) is 0 Å². The molecule has 0 aliphatic carbocycles. The summed E-state index contributed by atoms with van der Waals surface area (Å²) in [7, 11) is 1.54. The Hall–Kier alpha value is -4.65. The predicted molar refractivity (Wildman–Crippen MR) is 152 cm³/mol. The number of carbonyl (C=O) groups excluding carboxylic acids is 1. The highest BCUT2D eigenvalue weighted by atomic mass is 32.2. The number of ether oxygens (including phenoxy) is 2. The van der Waals surface area contributed by atoms with Gasteiger partial charge in [-0.2, -0.15) is 5.10 Å². The van der Waals surface area contributed by atoms with Crippen LogP contribution in [-0.2, 0) is 0 Å². The van der Waals surface area contributed by atoms with E-state index >= 15 is 0 Å². The van der Waals surface area contributed by atoms with Gasteiger partial charge in [0.25, 0.3) is 0 Å². The standard InChI is InChI=1S/C28H25F3N6O3S/c1-15-9-25(40-27-18(30)5-3-6-19(27)31)33-14-23(15)37-28(32)17(13-34-37)26(38)22-10-16-11-24(39-2)21(12-20(16)35-22)36-41-8-4-7-29/h3,5-6,9-14,35-36H,4,7-8,32H2,1-2H3. The van der Waals surface area contributed by atoms with Crippen LogP contribution >= 0.6 is 11.9 Å². The molecule has 41 heavy (non-hydrogen) atoms. The van der Waals surface area contributed by atoms with Gasteiger partial charge in [0, 0.05) is 22.7 Å². The summed E-state index contributed by atoms with van der Waals surface area (Å²) in [4.78, 5) is 20.7. The molecule has 9 nitrogen and oxygen atoms in total. The molecule has 3 heterocycles. The number of methoxy groups -OCH3 is 1. The number of nitrogen functional groups attached to an aromatic ring is 1. The number of aromatic amines is 1. The number of para-hydroxylation sites is 1. The minimum Gasteiger partial charge on any atom is -0.495 e. The number of aryl methyl sites for hydroxylation is 1. The number of benzene rings is 2. The number of ketones is 1. The fourth-order valence-corrected chi connectivity index (χ4v) is 4.81. The van der Waals surface area contributed by atoms with Crippen LogP contribution in [0.4, 0.5) is 24.7 Å². The summed E-state index contributed by atoms with van der Waals surface area (Å²) in [6, 6.07) is 10.2. The first-order valence-corrected chi connectivity index (χ1v) is 13.4. The monoisotopic (exact) mass is 582 g/mol. The van der Waals surface area contributed by atoms with Gasteiger partial charge in [0.15, 0.2) is 11.6 Å². The van der Waals surface area contributed by atoms with Crippen LogP contribution in [0.15, 0.2) is 54.9 Å². The zero-order chi connectivity index (χ0) is 29.1. The molecule has 2 aromatic carbocycles. The highest BCUT2D eigenvalue weighted by Crippen LogP contribution is 2.33. The Balaban J connectivity index is 1.39. The van der Waals surface area contributed by atoms with Gasteiger partial charge in [0.05, 0.1) is 48.8 Å². The number of pyridine rings is 1. The lowest BCUT2D eigenvalue weighted by Crippen LogP contribution is -2.09. The van der Waals surface area contributed by atoms with E-state index in [1.807, 2.05) is 6.07 Å². The minimum atomic E-state index is -0.858. The Kier molecular flexibility index (Phi) is 8.06. The maximum atomic E-state index is 14.0. The molecule has 13 heteroatoms. The van der Waals surface area contributed by atoms with Crippen LogP contribution in [0.25, 0.3) is 16.6 Å². The summed E-state index contributed by atoms with van der Waals surface area (Å²) in [5, 5.41) is 5.02. The van der Waals surface area contributed by atoms with Crippen molar-refractivity contribution >= 4 is 40.1 Å². The summed E-state index contributed by atoms with van der Waals surface area (Å²) in [6.07, 6.45) is 3.17. The molecule has 0 fully saturated rings. The fraction of sp³-hybridized carbons (Fsp3) is 0.179. The van der Waals surface area contributed by atoms with Crippen LogP contribution in [0.3, 0.4) is 0 Å². The Bertz CT molecular complexity index is 1720. The number of hydrogen-bond acceptors (Lipinski definition) is 8. The molecule has 212 valence electrons. The molecule has 5 aromatic rings. The Morgan fingerprint density at radius 2 is 1.95 bits per heavy atom. The van der Waals surface area contributed by atoms with Gasteiger partial charge in [0.2, 0.25) is 17.4 Å². The summed E-state index contributed by atoms with van der Waals surface area (Å²) in [6.45, 7) is 1.33. The lowest BCUT2D eigenvalue weighted by atomic mass is 10.1. The Morgan fingerprint density at radius 3 is 2.66 bits per heavy atom. The number of aromatic nitrogens is 4. The van der Waals surface area contributed by atoms with Crippen LogP contribution in [0.2, 0.25) is 0 Å². The van der Waals surface area contributed by atoms with E-state index in [-0.39, 0.29) is 29.7 Å². The molecule has 0 saturated heterocycles. The summed E-state index contributed by atoms with van der Waals surface area (Å²) in [5.74, 6) is -1.44. The first kappa shape index (κ1) is 27.9. The highest BCUT2D eigenvalue weighted by Gasteiger charge is 2.22. The second kappa shape index (κ2) is 11.8. The molecule has 5 rings (SSSR count). The van der Waals surface area contributed by atoms with Gasteiger partial charge in [-0.05, 0) is 49.2 Å². The van der Waals surface area contributed by atoms with Crippen molar-refractivity contribution in [3.8, 4) is 23.1 Å². The topological polar surface area (TPSA) is 120 Å². The van der Waals surface area contributed by atoms with Gasteiger partial charge in [-0.25, -0.2) is 18.4 Å². The quantitative estimate of drug-likeness (QED) is 0.0934. The number of rotatable bonds is 11. The molecule has 4 N–H and O–H groups in total. The molecule has 3 aromatic heterocycles. The number of alkyl halides is 1. The van der Waals surface area contributed by atoms with Gasteiger partial charge < -0.3 is 24.9 Å². The molecule has 0 bridgehead atoms. The van der Waals surface area contributed by atoms with Gasteiger partial charge in [0.1, 0.15) is 11.6 Å². The van der Waals surface area contributed by atoms with Crippen LogP contribution in [0.5, 0.6) is 17.4 Å². The predicted octanol–water partition coefficient (Wildman–Crippen LogP) is 6.37. The first-order chi connectivity index (χ1) is 19.8. The number of nitrogens with two attached hydrogens (primary N) is 1. The number of anilines is 2. The maximum Gasteiger partial charge on any atom is 0.219 e. The van der Waals surface area contributed by atoms with Crippen LogP contribution < -0.4 is 19.9 Å². The van der Waals surface area contributed by atoms with Gasteiger partial charge in [-0.3, -0.25) is 9.18 Å². The average molecular weight is 583 g/mol. The molecular formula is C28H25F3N6O3S. The number of fused-ring (bicyclic) bond motifs is 1. The number of halogens is 3. The lowest BCUT2D eigenvalue weighted by Gasteiger charge is -2.11. The molecule has 0 spiro atoms. The van der Waals surface area contributed by atoms with Crippen molar-refractivity contribution in [1.82, 2.24) is 19.7 Å². The normalized spacial score (nSPS) is 11.1. The number of hydrogen-bond donors (Lipinski definition) is 3. The van der Waals surface area contributed by atoms with E-state index in [9.17, 15) is 18.0 Å². The van der Waals surface area contributed by atoms with Crippen LogP contribution in [0, 0.1) is 18.6 Å². The zero-order valence-electron chi connectivity index (χ0n) is 22.0. The zero-order valence-corrected chi connectivity index (χ0v) is 22.8. The van der Waals surface area contributed by atoms with Gasteiger partial charge >= 0.3 is 0 Å². The molecule has 0 saturated carbocycles. The molecule has 0 aliphatic rings. The Morgan fingerprint density at radius 1 is 1.17 bits per heavy atom. The second-order valence-corrected chi connectivity index (χ2v) is 9.86. The first-order valence-electron chi connectivity index (χ1n) is 12.4. The Labute approximate surface area is 237 Å². The third-order valence-electron chi connectivity index (χ3n) is 6.21. The van der Waals surface area contributed by atoms with Crippen molar-refractivity contribution in [3.63, 3.8) is 0 Å². The minimum absolute atomic E-state index is 0.0274. The van der Waals surface area contributed by atoms with E-state index in [2.05, 4.69) is 19.8 Å². The fourth-order valence-electron chi connectivity index (χ4n) is 4.14. The largest absolute Gasteiger partial charge is 0.495 e. The van der Waals surface area contributed by atoms with Crippen molar-refractivity contribution in [2.75, 3.05) is 30.0 Å². The molecule has 0 amide bonds. The number of H-pyrrole nitrogens is 1. The average Bonchev–Trinajstić information content (AvgIpc) is 3.55. The van der Waals surface area contributed by atoms with E-state index in [0.717, 1.165) is 17.5 Å². The van der Waals surface area contributed by atoms with Crippen molar-refractivity contribution in [3.05, 3.63) is 83.3 Å². The molecule has 0 atom stereocenters. The SMILES string of the molecule is COc1cc2cc(C(=O)c3cnn(-c4cnc(Oc5c(F)cccc5F)cc4C)c3N)[nH]c2cc1NSCCCF. The number of nitrogens with zero attached hydrogens (tertiary/aromatic N) is 3. The van der Waals surface area contributed by atoms with E-state index in [1.54, 1.807) is 26.2 Å².